The third-order valence-electron chi connectivity index (χ3n) is 2.05. The number of aromatic nitrogens is 7. The molecule has 3 aromatic heterocycles. The molecule has 2 N–H and O–H groups in total. The van der Waals surface area contributed by atoms with Gasteiger partial charge in [-0.3, -0.25) is 9.78 Å². The molecule has 0 aliphatic heterocycles. The summed E-state index contributed by atoms with van der Waals surface area (Å²) in [5.74, 6) is -0.187. The second-order valence-electron chi connectivity index (χ2n) is 2.96. The molecule has 0 amide bonds. The van der Waals surface area contributed by atoms with Gasteiger partial charge in [-0.15, -0.1) is 0 Å². The molecule has 0 saturated heterocycles. The zero-order valence-corrected chi connectivity index (χ0v) is 7.77. The van der Waals surface area contributed by atoms with Crippen molar-refractivity contribution in [1.29, 1.82) is 0 Å². The highest BCUT2D eigenvalue weighted by molar-refractivity contribution is 5.43. The SMILES string of the molecule is O=c1[nH]c2ncnn2c(O)c1-n1cncn1. The van der Waals surface area contributed by atoms with Gasteiger partial charge in [0.15, 0.2) is 5.69 Å². The molecule has 0 bridgehead atoms. The Morgan fingerprint density at radius 2 is 2.19 bits per heavy atom. The van der Waals surface area contributed by atoms with Crippen molar-refractivity contribution in [2.75, 3.05) is 0 Å². The van der Waals surface area contributed by atoms with Gasteiger partial charge in [-0.1, -0.05) is 0 Å². The molecule has 0 fully saturated rings. The van der Waals surface area contributed by atoms with Crippen LogP contribution in [0.5, 0.6) is 5.88 Å². The van der Waals surface area contributed by atoms with Crippen LogP contribution in [0.2, 0.25) is 0 Å². The summed E-state index contributed by atoms with van der Waals surface area (Å²) in [6, 6.07) is 0. The minimum atomic E-state index is -0.525. The highest BCUT2D eigenvalue weighted by Crippen LogP contribution is 2.14. The van der Waals surface area contributed by atoms with Crippen molar-refractivity contribution in [3.8, 4) is 11.6 Å². The summed E-state index contributed by atoms with van der Waals surface area (Å²) < 4.78 is 2.24. The van der Waals surface area contributed by atoms with E-state index in [1.807, 2.05) is 0 Å². The molecule has 0 spiro atoms. The summed E-state index contributed by atoms with van der Waals surface area (Å²) in [4.78, 5) is 21.6. The molecule has 9 nitrogen and oxygen atoms in total. The predicted octanol–water partition coefficient (Wildman–Crippen LogP) is -1.30. The average Bonchev–Trinajstić information content (AvgIpc) is 2.87. The lowest BCUT2D eigenvalue weighted by molar-refractivity contribution is 0.429. The van der Waals surface area contributed by atoms with Crippen LogP contribution in [0.4, 0.5) is 0 Å². The Morgan fingerprint density at radius 1 is 1.31 bits per heavy atom. The first-order valence-corrected chi connectivity index (χ1v) is 4.27. The number of nitrogens with one attached hydrogen (secondary N) is 1. The molecule has 0 atom stereocenters. The summed E-state index contributed by atoms with van der Waals surface area (Å²) in [6.45, 7) is 0. The standard InChI is InChI=1S/C7H5N7O2/c15-5-4(13-3-8-1-10-13)6(16)14-7(12-5)9-2-11-14/h1-3,16H,(H,9,11,12,15). The number of aromatic amines is 1. The van der Waals surface area contributed by atoms with E-state index in [1.165, 1.54) is 19.0 Å². The third-order valence-corrected chi connectivity index (χ3v) is 2.05. The first-order valence-electron chi connectivity index (χ1n) is 4.27. The lowest BCUT2D eigenvalue weighted by Gasteiger charge is -2.03. The maximum atomic E-state index is 11.7. The molecular formula is C7H5N7O2. The van der Waals surface area contributed by atoms with Crippen molar-refractivity contribution in [3.63, 3.8) is 0 Å². The van der Waals surface area contributed by atoms with Gasteiger partial charge in [0.1, 0.15) is 19.0 Å². The highest BCUT2D eigenvalue weighted by Gasteiger charge is 2.15. The van der Waals surface area contributed by atoms with Gasteiger partial charge in [0, 0.05) is 0 Å². The van der Waals surface area contributed by atoms with Crippen LogP contribution >= 0.6 is 0 Å². The summed E-state index contributed by atoms with van der Waals surface area (Å²) in [5, 5.41) is 17.4. The van der Waals surface area contributed by atoms with Gasteiger partial charge in [0.25, 0.3) is 5.56 Å². The fraction of sp³-hybridized carbons (Fsp3) is 0. The van der Waals surface area contributed by atoms with E-state index in [-0.39, 0.29) is 17.3 Å². The van der Waals surface area contributed by atoms with Gasteiger partial charge in [-0.2, -0.15) is 19.7 Å². The van der Waals surface area contributed by atoms with Crippen molar-refractivity contribution in [2.45, 2.75) is 0 Å². The number of fused-ring (bicyclic) bond motifs is 1. The molecule has 9 heteroatoms. The minimum absolute atomic E-state index is 0.0597. The number of H-pyrrole nitrogens is 1. The molecule has 16 heavy (non-hydrogen) atoms. The van der Waals surface area contributed by atoms with Crippen LogP contribution in [0.3, 0.4) is 0 Å². The largest absolute Gasteiger partial charge is 0.491 e. The van der Waals surface area contributed by atoms with E-state index >= 15 is 0 Å². The summed E-state index contributed by atoms with van der Waals surface area (Å²) >= 11 is 0. The van der Waals surface area contributed by atoms with E-state index in [9.17, 15) is 9.90 Å². The van der Waals surface area contributed by atoms with Gasteiger partial charge in [-0.05, 0) is 0 Å². The van der Waals surface area contributed by atoms with E-state index in [0.717, 1.165) is 9.20 Å². The fourth-order valence-corrected chi connectivity index (χ4v) is 1.37. The predicted molar refractivity (Wildman–Crippen MR) is 50.2 cm³/mol. The Morgan fingerprint density at radius 3 is 2.94 bits per heavy atom. The molecule has 0 aliphatic rings. The first kappa shape index (κ1) is 8.59. The van der Waals surface area contributed by atoms with Crippen LogP contribution in [0.25, 0.3) is 11.5 Å². The maximum Gasteiger partial charge on any atom is 0.282 e. The number of hydrogen-bond acceptors (Lipinski definition) is 6. The molecule has 3 rings (SSSR count). The molecule has 3 heterocycles. The maximum absolute atomic E-state index is 11.7. The van der Waals surface area contributed by atoms with Gasteiger partial charge < -0.3 is 5.11 Å². The summed E-state index contributed by atoms with van der Waals surface area (Å²) in [5.41, 5.74) is -0.584. The number of hydrogen-bond donors (Lipinski definition) is 2. The van der Waals surface area contributed by atoms with Crippen LogP contribution in [0.15, 0.2) is 23.8 Å². The fourth-order valence-electron chi connectivity index (χ4n) is 1.37. The van der Waals surface area contributed by atoms with Gasteiger partial charge in [0.05, 0.1) is 0 Å². The quantitative estimate of drug-likeness (QED) is 0.526. The zero-order valence-electron chi connectivity index (χ0n) is 7.77. The van der Waals surface area contributed by atoms with Crippen molar-refractivity contribution in [2.24, 2.45) is 0 Å². The number of aromatic hydroxyl groups is 1. The number of rotatable bonds is 1. The molecule has 0 radical (unpaired) electrons. The van der Waals surface area contributed by atoms with E-state index in [0.29, 0.717) is 0 Å². The summed E-state index contributed by atoms with van der Waals surface area (Å²) in [7, 11) is 0. The Labute approximate surface area is 87.0 Å². The Balaban J connectivity index is 2.44. The van der Waals surface area contributed by atoms with Crippen molar-refractivity contribution >= 4 is 5.78 Å². The third kappa shape index (κ3) is 1.02. The van der Waals surface area contributed by atoms with Crippen LogP contribution in [-0.4, -0.2) is 39.5 Å². The Hall–Kier alpha value is -2.71. The number of nitrogens with zero attached hydrogens (tertiary/aromatic N) is 6. The van der Waals surface area contributed by atoms with Crippen molar-refractivity contribution in [1.82, 2.24) is 34.3 Å². The van der Waals surface area contributed by atoms with E-state index in [4.69, 9.17) is 0 Å². The molecule has 0 aromatic carbocycles. The Kier molecular flexibility index (Phi) is 1.55. The molecule has 3 aromatic rings. The highest BCUT2D eigenvalue weighted by atomic mass is 16.3. The zero-order chi connectivity index (χ0) is 11.1. The van der Waals surface area contributed by atoms with Gasteiger partial charge in [-0.25, -0.2) is 9.67 Å². The average molecular weight is 219 g/mol. The summed E-state index contributed by atoms with van der Waals surface area (Å²) in [6.07, 6.45) is 3.77. The minimum Gasteiger partial charge on any atom is -0.491 e. The molecule has 80 valence electrons. The molecular weight excluding hydrogens is 214 g/mol. The van der Waals surface area contributed by atoms with Crippen LogP contribution in [-0.2, 0) is 0 Å². The smallest absolute Gasteiger partial charge is 0.282 e. The van der Waals surface area contributed by atoms with Crippen LogP contribution < -0.4 is 5.56 Å². The topological polar surface area (TPSA) is 114 Å². The second-order valence-corrected chi connectivity index (χ2v) is 2.96. The lowest BCUT2D eigenvalue weighted by atomic mass is 10.5. The molecule has 0 unspecified atom stereocenters. The van der Waals surface area contributed by atoms with Crippen LogP contribution in [0, 0.1) is 0 Å². The monoisotopic (exact) mass is 219 g/mol. The lowest BCUT2D eigenvalue weighted by Crippen LogP contribution is -2.18. The Bertz CT molecular complexity index is 695. The van der Waals surface area contributed by atoms with E-state index in [2.05, 4.69) is 25.1 Å². The van der Waals surface area contributed by atoms with Crippen molar-refractivity contribution in [3.05, 3.63) is 29.3 Å². The van der Waals surface area contributed by atoms with E-state index in [1.54, 1.807) is 0 Å². The van der Waals surface area contributed by atoms with Gasteiger partial charge in [0.2, 0.25) is 11.7 Å². The van der Waals surface area contributed by atoms with Crippen molar-refractivity contribution < 1.29 is 5.11 Å². The van der Waals surface area contributed by atoms with Crippen LogP contribution in [0.1, 0.15) is 0 Å². The first-order chi connectivity index (χ1) is 7.77. The molecule has 0 saturated carbocycles. The normalized spacial score (nSPS) is 11.0. The second kappa shape index (κ2) is 2.89. The van der Waals surface area contributed by atoms with E-state index < -0.39 is 5.56 Å². The molecule has 0 aliphatic carbocycles. The van der Waals surface area contributed by atoms with Gasteiger partial charge >= 0.3 is 0 Å².